The first kappa shape index (κ1) is 12.8. The van der Waals surface area contributed by atoms with Crippen LogP contribution in [0.15, 0.2) is 22.7 Å². The van der Waals surface area contributed by atoms with E-state index in [9.17, 15) is 9.65 Å². The molecule has 0 unspecified atom stereocenters. The van der Waals surface area contributed by atoms with Crippen molar-refractivity contribution in [3.05, 3.63) is 38.4 Å². The van der Waals surface area contributed by atoms with E-state index in [1.807, 2.05) is 6.92 Å². The minimum Gasteiger partial charge on any atom is -0.239 e. The Balaban J connectivity index is 2.12. The van der Waals surface area contributed by atoms with E-state index >= 15 is 0 Å². The van der Waals surface area contributed by atoms with E-state index in [1.54, 1.807) is 12.1 Å². The van der Waals surface area contributed by atoms with Crippen molar-refractivity contribution in [2.75, 3.05) is 0 Å². The second-order valence-corrected chi connectivity index (χ2v) is 6.86. The lowest BCUT2D eigenvalue weighted by molar-refractivity contribution is 0.630. The lowest BCUT2D eigenvalue weighted by atomic mass is 10.1. The smallest absolute Gasteiger partial charge is 0.132 e. The molecular weight excluding hydrogens is 327 g/mol. The first-order valence-electron chi connectivity index (χ1n) is 5.90. The molecule has 1 saturated carbocycles. The molecule has 1 fully saturated rings. The van der Waals surface area contributed by atoms with E-state index in [1.165, 1.54) is 17.4 Å². The predicted octanol–water partition coefficient (Wildman–Crippen LogP) is 4.58. The number of aryl methyl sites for hydroxylation is 1. The molecule has 0 atom stereocenters. The molecule has 0 aliphatic heterocycles. The molecule has 3 rings (SSSR count). The minimum absolute atomic E-state index is 0.287. The lowest BCUT2D eigenvalue weighted by Gasteiger charge is -2.02. The zero-order valence-electron chi connectivity index (χ0n) is 10.2. The van der Waals surface area contributed by atoms with Gasteiger partial charge in [0.1, 0.15) is 16.2 Å². The molecular formula is C14H10BrFN2S. The van der Waals surface area contributed by atoms with Gasteiger partial charge >= 0.3 is 0 Å². The molecule has 0 saturated heterocycles. The van der Waals surface area contributed by atoms with Crippen LogP contribution in [-0.2, 0) is 5.41 Å². The Kier molecular flexibility index (Phi) is 2.95. The number of thiazole rings is 1. The Labute approximate surface area is 123 Å². The lowest BCUT2D eigenvalue weighted by Crippen LogP contribution is -2.01. The summed E-state index contributed by atoms with van der Waals surface area (Å²) in [4.78, 5) is 5.47. The van der Waals surface area contributed by atoms with Gasteiger partial charge in [-0.25, -0.2) is 9.37 Å². The Morgan fingerprint density at radius 3 is 2.84 bits per heavy atom. The minimum atomic E-state index is -0.407. The highest BCUT2D eigenvalue weighted by molar-refractivity contribution is 9.10. The van der Waals surface area contributed by atoms with E-state index in [0.717, 1.165) is 27.2 Å². The van der Waals surface area contributed by atoms with Gasteiger partial charge in [-0.05, 0) is 38.0 Å². The number of halogens is 2. The molecule has 1 aliphatic rings. The number of rotatable bonds is 2. The predicted molar refractivity (Wildman–Crippen MR) is 76.5 cm³/mol. The number of nitrogens with zero attached hydrogens (tertiary/aromatic N) is 2. The number of aromatic nitrogens is 1. The molecule has 0 spiro atoms. The Morgan fingerprint density at radius 1 is 1.47 bits per heavy atom. The van der Waals surface area contributed by atoms with Crippen molar-refractivity contribution in [1.82, 2.24) is 4.98 Å². The quantitative estimate of drug-likeness (QED) is 0.805. The normalized spacial score (nSPS) is 16.1. The summed E-state index contributed by atoms with van der Waals surface area (Å²) in [5.74, 6) is -0.287. The highest BCUT2D eigenvalue weighted by Crippen LogP contribution is 2.50. The maximum absolute atomic E-state index is 13.9. The Morgan fingerprint density at radius 2 is 2.21 bits per heavy atom. The van der Waals surface area contributed by atoms with Crippen molar-refractivity contribution in [3.8, 4) is 17.3 Å². The molecule has 1 aromatic carbocycles. The van der Waals surface area contributed by atoms with Crippen molar-refractivity contribution in [3.63, 3.8) is 0 Å². The summed E-state index contributed by atoms with van der Waals surface area (Å²) in [5.41, 5.74) is 0.735. The van der Waals surface area contributed by atoms with E-state index in [-0.39, 0.29) is 5.82 Å². The van der Waals surface area contributed by atoms with Crippen molar-refractivity contribution in [1.29, 1.82) is 5.26 Å². The second kappa shape index (κ2) is 4.39. The first-order valence-corrected chi connectivity index (χ1v) is 7.51. The molecule has 1 aromatic heterocycles. The summed E-state index contributed by atoms with van der Waals surface area (Å²) in [7, 11) is 0. The first-order chi connectivity index (χ1) is 9.05. The Bertz CT molecular complexity index is 698. The van der Waals surface area contributed by atoms with Crippen LogP contribution >= 0.6 is 27.3 Å². The van der Waals surface area contributed by atoms with Gasteiger partial charge in [0.05, 0.1) is 11.8 Å². The maximum Gasteiger partial charge on any atom is 0.132 e. The third-order valence-corrected chi connectivity index (χ3v) is 5.02. The highest BCUT2D eigenvalue weighted by Gasteiger charge is 2.48. The van der Waals surface area contributed by atoms with Gasteiger partial charge in [-0.2, -0.15) is 5.26 Å². The SMILES string of the molecule is Cc1sc(C2(C#N)CC2)nc1-c1cc(Br)ccc1F. The molecule has 2 nitrogen and oxygen atoms in total. The highest BCUT2D eigenvalue weighted by atomic mass is 79.9. The topological polar surface area (TPSA) is 36.7 Å². The van der Waals surface area contributed by atoms with Gasteiger partial charge in [0.25, 0.3) is 0 Å². The number of hydrogen-bond donors (Lipinski definition) is 0. The van der Waals surface area contributed by atoms with Gasteiger partial charge in [-0.15, -0.1) is 11.3 Å². The summed E-state index contributed by atoms with van der Waals surface area (Å²) in [6, 6.07) is 7.15. The van der Waals surface area contributed by atoms with Crippen LogP contribution in [0.4, 0.5) is 4.39 Å². The van der Waals surface area contributed by atoms with Crippen molar-refractivity contribution in [2.24, 2.45) is 0 Å². The zero-order chi connectivity index (χ0) is 13.6. The van der Waals surface area contributed by atoms with E-state index < -0.39 is 5.41 Å². The fourth-order valence-electron chi connectivity index (χ4n) is 2.03. The van der Waals surface area contributed by atoms with Gasteiger partial charge in [0.2, 0.25) is 0 Å². The van der Waals surface area contributed by atoms with E-state index in [2.05, 4.69) is 27.0 Å². The molecule has 1 heterocycles. The van der Waals surface area contributed by atoms with Crippen LogP contribution in [0.1, 0.15) is 22.7 Å². The summed E-state index contributed by atoms with van der Waals surface area (Å²) >= 11 is 4.85. The van der Waals surface area contributed by atoms with Crippen molar-refractivity contribution < 1.29 is 4.39 Å². The molecule has 1 aliphatic carbocycles. The number of hydrogen-bond acceptors (Lipinski definition) is 3. The summed E-state index contributed by atoms with van der Waals surface area (Å²) < 4.78 is 14.7. The molecule has 0 N–H and O–H groups in total. The molecule has 0 amide bonds. The fraction of sp³-hybridized carbons (Fsp3) is 0.286. The van der Waals surface area contributed by atoms with Crippen LogP contribution in [0.5, 0.6) is 0 Å². The van der Waals surface area contributed by atoms with Gasteiger partial charge in [-0.1, -0.05) is 15.9 Å². The monoisotopic (exact) mass is 336 g/mol. The molecule has 5 heteroatoms. The van der Waals surface area contributed by atoms with Gasteiger partial charge in [0, 0.05) is 14.9 Å². The van der Waals surface area contributed by atoms with Crippen LogP contribution in [0.2, 0.25) is 0 Å². The maximum atomic E-state index is 13.9. The van der Waals surface area contributed by atoms with E-state index in [0.29, 0.717) is 11.3 Å². The van der Waals surface area contributed by atoms with Crippen LogP contribution in [0, 0.1) is 24.1 Å². The number of benzene rings is 1. The van der Waals surface area contributed by atoms with Crippen molar-refractivity contribution in [2.45, 2.75) is 25.2 Å². The average molecular weight is 337 g/mol. The van der Waals surface area contributed by atoms with E-state index in [4.69, 9.17) is 0 Å². The number of nitriles is 1. The molecule has 0 radical (unpaired) electrons. The average Bonchev–Trinajstić information content (AvgIpc) is 3.10. The van der Waals surface area contributed by atoms with Crippen LogP contribution < -0.4 is 0 Å². The molecule has 2 aromatic rings. The summed E-state index contributed by atoms with van der Waals surface area (Å²) in [6.45, 7) is 1.92. The fourth-order valence-corrected chi connectivity index (χ4v) is 3.51. The molecule has 96 valence electrons. The molecule has 19 heavy (non-hydrogen) atoms. The molecule has 0 bridgehead atoms. The third-order valence-electron chi connectivity index (χ3n) is 3.35. The second-order valence-electron chi connectivity index (χ2n) is 4.74. The van der Waals surface area contributed by atoms with Crippen LogP contribution in [0.3, 0.4) is 0 Å². The van der Waals surface area contributed by atoms with Crippen LogP contribution in [-0.4, -0.2) is 4.98 Å². The zero-order valence-corrected chi connectivity index (χ0v) is 12.6. The van der Waals surface area contributed by atoms with Crippen LogP contribution in [0.25, 0.3) is 11.3 Å². The Hall–Kier alpha value is -1.25. The standard InChI is InChI=1S/C14H10BrFN2S/c1-8-12(10-6-9(15)2-3-11(10)16)18-13(19-8)14(7-17)4-5-14/h2-3,6H,4-5H2,1H3. The largest absolute Gasteiger partial charge is 0.239 e. The van der Waals surface area contributed by atoms with Crippen molar-refractivity contribution >= 4 is 27.3 Å². The van der Waals surface area contributed by atoms with Gasteiger partial charge in [-0.3, -0.25) is 0 Å². The van der Waals surface area contributed by atoms with Gasteiger partial charge < -0.3 is 0 Å². The third kappa shape index (κ3) is 2.09. The summed E-state index contributed by atoms with van der Waals surface area (Å²) in [6.07, 6.45) is 1.72. The van der Waals surface area contributed by atoms with Gasteiger partial charge in [0.15, 0.2) is 0 Å². The summed E-state index contributed by atoms with van der Waals surface area (Å²) in [5, 5.41) is 10.0.